The highest BCUT2D eigenvalue weighted by Gasteiger charge is 2.30. The zero-order valence-electron chi connectivity index (χ0n) is 70.3. The van der Waals surface area contributed by atoms with Crippen LogP contribution < -0.4 is 0 Å². The molecule has 0 heterocycles. The van der Waals surface area contributed by atoms with Gasteiger partial charge in [-0.05, 0) is 31.6 Å². The molecule has 0 saturated carbocycles. The number of aliphatic hydroxyl groups excluding tert-OH is 1. The third-order valence-corrected chi connectivity index (χ3v) is 23.0. The molecule has 0 radical (unpaired) electrons. The van der Waals surface area contributed by atoms with Crippen molar-refractivity contribution in [2.45, 2.75) is 496 Å². The Balaban J connectivity index is 5.23. The topological polar surface area (TPSA) is 237 Å². The predicted octanol–water partition coefficient (Wildman–Crippen LogP) is 27.2. The molecule has 0 aromatic carbocycles. The highest BCUT2D eigenvalue weighted by molar-refractivity contribution is 7.47. The Kier molecular flexibility index (Phi) is 79.2. The smallest absolute Gasteiger partial charge is 0.462 e. The summed E-state index contributed by atoms with van der Waals surface area (Å²) in [6, 6.07) is 0. The van der Waals surface area contributed by atoms with Gasteiger partial charge in [0.2, 0.25) is 0 Å². The second-order valence-corrected chi connectivity index (χ2v) is 34.8. The molecule has 107 heavy (non-hydrogen) atoms. The third kappa shape index (κ3) is 80.5. The fourth-order valence-electron chi connectivity index (χ4n) is 13.8. The molecule has 6 atom stereocenters. The molecule has 0 aromatic rings. The van der Waals surface area contributed by atoms with Gasteiger partial charge in [0, 0.05) is 25.7 Å². The van der Waals surface area contributed by atoms with E-state index in [1.165, 1.54) is 302 Å². The monoisotopic (exact) mass is 1560 g/mol. The number of aliphatic hydroxyl groups is 1. The highest BCUT2D eigenvalue weighted by Crippen LogP contribution is 2.45. The number of ether oxygens (including phenoxy) is 4. The number of esters is 4. The number of unbranched alkanes of at least 4 members (excludes halogenated alkanes) is 59. The van der Waals surface area contributed by atoms with E-state index >= 15 is 0 Å². The molecule has 0 fully saturated rings. The minimum absolute atomic E-state index is 0.108. The van der Waals surface area contributed by atoms with Crippen LogP contribution in [0.1, 0.15) is 478 Å². The third-order valence-electron chi connectivity index (χ3n) is 21.1. The summed E-state index contributed by atoms with van der Waals surface area (Å²) >= 11 is 0. The molecule has 0 bridgehead atoms. The molecular weight excluding hydrogens is 1390 g/mol. The van der Waals surface area contributed by atoms with Gasteiger partial charge in [0.25, 0.3) is 0 Å². The number of hydrogen-bond donors (Lipinski definition) is 3. The summed E-state index contributed by atoms with van der Waals surface area (Å²) in [7, 11) is -9.93. The molecule has 0 aliphatic rings. The van der Waals surface area contributed by atoms with Crippen LogP contribution in [0, 0.1) is 5.92 Å². The Morgan fingerprint density at radius 3 is 0.664 bits per heavy atom. The van der Waals surface area contributed by atoms with Crippen LogP contribution in [-0.2, 0) is 65.4 Å². The first kappa shape index (κ1) is 105. The largest absolute Gasteiger partial charge is 0.472 e. The van der Waals surface area contributed by atoms with Gasteiger partial charge in [-0.1, -0.05) is 426 Å². The fourth-order valence-corrected chi connectivity index (χ4v) is 15.4. The average Bonchev–Trinajstić information content (AvgIpc) is 0.900. The number of carbonyl (C=O) groups is 4. The molecule has 3 N–H and O–H groups in total. The van der Waals surface area contributed by atoms with Crippen molar-refractivity contribution in [2.75, 3.05) is 39.6 Å². The summed E-state index contributed by atoms with van der Waals surface area (Å²) in [4.78, 5) is 73.3. The molecule has 0 spiro atoms. The second-order valence-electron chi connectivity index (χ2n) is 31.9. The van der Waals surface area contributed by atoms with Crippen LogP contribution in [0.15, 0.2) is 0 Å². The zero-order valence-corrected chi connectivity index (χ0v) is 72.1. The first-order chi connectivity index (χ1) is 52.1. The Bertz CT molecular complexity index is 2030. The van der Waals surface area contributed by atoms with Crippen LogP contribution in [0.25, 0.3) is 0 Å². The van der Waals surface area contributed by atoms with Crippen LogP contribution in [0.4, 0.5) is 0 Å². The standard InChI is InChI=1S/C88H172O17P2/c1-6-10-13-16-19-22-25-28-31-33-35-36-37-39-41-43-46-49-52-59-64-69-74-88(93)104-83(77-98-85(90)71-66-61-56-50-47-45-42-40-38-34-32-29-26-23-20-17-14-11-7-2)79-102-106(94,95)100-75-82(89)76-101-107(96,97)103-80-84(78-99-86(91)72-67-62-57-54-53-55-60-65-70-81(5)9-4)105-87(92)73-68-63-58-51-48-44-30-27-24-21-18-15-12-8-3/h81-84,89H,6-80H2,1-5H3,(H,94,95)(H,96,97)/t81?,82-,83-,84-/m1/s1. The Hall–Kier alpha value is -1.94. The number of rotatable bonds is 88. The van der Waals surface area contributed by atoms with E-state index < -0.39 is 97.5 Å². The van der Waals surface area contributed by atoms with Gasteiger partial charge in [-0.15, -0.1) is 0 Å². The Labute approximate surface area is 658 Å². The number of carbonyl (C=O) groups excluding carboxylic acids is 4. The van der Waals surface area contributed by atoms with Gasteiger partial charge in [-0.25, -0.2) is 9.13 Å². The summed E-state index contributed by atoms with van der Waals surface area (Å²) in [5.41, 5.74) is 0. The van der Waals surface area contributed by atoms with Gasteiger partial charge in [0.05, 0.1) is 26.4 Å². The van der Waals surface area contributed by atoms with Gasteiger partial charge in [-0.2, -0.15) is 0 Å². The molecule has 0 rings (SSSR count). The first-order valence-corrected chi connectivity index (χ1v) is 48.7. The van der Waals surface area contributed by atoms with Gasteiger partial charge >= 0.3 is 39.5 Å². The molecule has 0 aromatic heterocycles. The van der Waals surface area contributed by atoms with Crippen LogP contribution in [0.2, 0.25) is 0 Å². The van der Waals surface area contributed by atoms with E-state index in [1.807, 2.05) is 0 Å². The van der Waals surface area contributed by atoms with Crippen molar-refractivity contribution in [3.8, 4) is 0 Å². The molecule has 636 valence electrons. The van der Waals surface area contributed by atoms with E-state index in [0.717, 1.165) is 95.8 Å². The van der Waals surface area contributed by atoms with E-state index in [1.54, 1.807) is 0 Å². The Morgan fingerprint density at radius 2 is 0.449 bits per heavy atom. The molecule has 0 aliphatic heterocycles. The van der Waals surface area contributed by atoms with E-state index in [9.17, 15) is 43.2 Å². The minimum Gasteiger partial charge on any atom is -0.462 e. The van der Waals surface area contributed by atoms with Gasteiger partial charge in [0.15, 0.2) is 12.2 Å². The lowest BCUT2D eigenvalue weighted by atomic mass is 9.99. The molecule has 17 nitrogen and oxygen atoms in total. The quantitative estimate of drug-likeness (QED) is 0.0222. The average molecular weight is 1560 g/mol. The first-order valence-electron chi connectivity index (χ1n) is 45.7. The lowest BCUT2D eigenvalue weighted by Crippen LogP contribution is -2.30. The number of phosphoric ester groups is 2. The van der Waals surface area contributed by atoms with Crippen molar-refractivity contribution >= 4 is 39.5 Å². The van der Waals surface area contributed by atoms with Gasteiger partial charge in [0.1, 0.15) is 19.3 Å². The van der Waals surface area contributed by atoms with Crippen molar-refractivity contribution in [2.24, 2.45) is 5.92 Å². The maximum atomic E-state index is 13.2. The van der Waals surface area contributed by atoms with Crippen LogP contribution in [0.5, 0.6) is 0 Å². The molecule has 19 heteroatoms. The normalized spacial score (nSPS) is 14.0. The van der Waals surface area contributed by atoms with E-state index in [0.29, 0.717) is 25.7 Å². The lowest BCUT2D eigenvalue weighted by Gasteiger charge is -2.21. The maximum Gasteiger partial charge on any atom is 0.472 e. The summed E-state index contributed by atoms with van der Waals surface area (Å²) < 4.78 is 69.0. The molecule has 0 aliphatic carbocycles. The predicted molar refractivity (Wildman–Crippen MR) is 442 cm³/mol. The van der Waals surface area contributed by atoms with Crippen molar-refractivity contribution in [1.82, 2.24) is 0 Å². The van der Waals surface area contributed by atoms with Crippen LogP contribution >= 0.6 is 15.6 Å². The molecular formula is C88H172O17P2. The fraction of sp³-hybridized carbons (Fsp3) is 0.955. The van der Waals surface area contributed by atoms with Gasteiger partial charge in [-0.3, -0.25) is 37.3 Å². The number of phosphoric acid groups is 2. The Morgan fingerprint density at radius 1 is 0.262 bits per heavy atom. The molecule has 0 saturated heterocycles. The van der Waals surface area contributed by atoms with Crippen molar-refractivity contribution < 1.29 is 80.2 Å². The summed E-state index contributed by atoms with van der Waals surface area (Å²) in [6.45, 7) is 7.38. The van der Waals surface area contributed by atoms with Crippen LogP contribution in [0.3, 0.4) is 0 Å². The maximum absolute atomic E-state index is 13.2. The zero-order chi connectivity index (χ0) is 78.3. The van der Waals surface area contributed by atoms with Crippen molar-refractivity contribution in [1.29, 1.82) is 0 Å². The SMILES string of the molecule is CCCCCCCCCCCCCCCCCCCCCCCCC(=O)O[C@H](COC(=O)CCCCCCCCCCCCCCCCCCCCC)COP(=O)(O)OC[C@@H](O)COP(=O)(O)OC[C@@H](COC(=O)CCCCCCCCCCC(C)CC)OC(=O)CCCCCCCCCCCCCCCC. The van der Waals surface area contributed by atoms with Crippen molar-refractivity contribution in [3.05, 3.63) is 0 Å². The second kappa shape index (κ2) is 80.7. The summed E-state index contributed by atoms with van der Waals surface area (Å²) in [6.07, 6.45) is 75.0. The summed E-state index contributed by atoms with van der Waals surface area (Å²) in [5, 5.41) is 10.7. The van der Waals surface area contributed by atoms with E-state index in [2.05, 4.69) is 34.6 Å². The van der Waals surface area contributed by atoms with Crippen molar-refractivity contribution in [3.63, 3.8) is 0 Å². The molecule has 0 amide bonds. The van der Waals surface area contributed by atoms with Crippen LogP contribution in [-0.4, -0.2) is 96.7 Å². The number of hydrogen-bond acceptors (Lipinski definition) is 15. The highest BCUT2D eigenvalue weighted by atomic mass is 31.2. The summed E-state index contributed by atoms with van der Waals surface area (Å²) in [5.74, 6) is -1.32. The minimum atomic E-state index is -4.97. The van der Waals surface area contributed by atoms with E-state index in [4.69, 9.17) is 37.0 Å². The lowest BCUT2D eigenvalue weighted by molar-refractivity contribution is -0.161. The van der Waals surface area contributed by atoms with Gasteiger partial charge < -0.3 is 33.8 Å². The molecule has 3 unspecified atom stereocenters. The van der Waals surface area contributed by atoms with E-state index in [-0.39, 0.29) is 25.7 Å².